The highest BCUT2D eigenvalue weighted by molar-refractivity contribution is 6.14. The van der Waals surface area contributed by atoms with Crippen molar-refractivity contribution in [2.45, 2.75) is 13.3 Å². The van der Waals surface area contributed by atoms with Gasteiger partial charge in [-0.3, -0.25) is 4.79 Å². The molecule has 1 heterocycles. The average molecular weight is 388 g/mol. The summed E-state index contributed by atoms with van der Waals surface area (Å²) in [6.07, 6.45) is 2.63. The first-order valence-electron chi connectivity index (χ1n) is 9.18. The number of hydrogen-bond acceptors (Lipinski definition) is 4. The number of esters is 1. The van der Waals surface area contributed by atoms with Gasteiger partial charge in [-0.05, 0) is 60.0 Å². The minimum atomic E-state index is -0.624. The van der Waals surface area contributed by atoms with Crippen LogP contribution in [0.3, 0.4) is 0 Å². The largest absolute Gasteiger partial charge is 0.452 e. The molecule has 4 nitrogen and oxygen atoms in total. The van der Waals surface area contributed by atoms with E-state index in [1.165, 1.54) is 42.0 Å². The van der Waals surface area contributed by atoms with Crippen LogP contribution >= 0.6 is 0 Å². The Hall–Kier alpha value is -3.73. The zero-order chi connectivity index (χ0) is 20.4. The molecule has 144 valence electrons. The predicted octanol–water partition coefficient (Wildman–Crippen LogP) is 5.22. The third kappa shape index (κ3) is 3.94. The van der Waals surface area contributed by atoms with Gasteiger partial charge in [0.1, 0.15) is 17.3 Å². The first-order valence-corrected chi connectivity index (χ1v) is 9.18. The van der Waals surface area contributed by atoms with E-state index in [1.807, 2.05) is 24.3 Å². The summed E-state index contributed by atoms with van der Waals surface area (Å²) in [5.74, 6) is -0.506. The number of aryl methyl sites for hydroxylation is 1. The zero-order valence-electron chi connectivity index (χ0n) is 15.6. The summed E-state index contributed by atoms with van der Waals surface area (Å²) < 4.78 is 24.0. The van der Waals surface area contributed by atoms with Crippen LogP contribution in [0, 0.1) is 5.82 Å². The van der Waals surface area contributed by atoms with E-state index in [0.29, 0.717) is 11.3 Å². The lowest BCUT2D eigenvalue weighted by Crippen LogP contribution is -2.08. The summed E-state index contributed by atoms with van der Waals surface area (Å²) in [7, 11) is 0. The summed E-state index contributed by atoms with van der Waals surface area (Å²) in [5, 5.41) is 0. The first-order chi connectivity index (χ1) is 14.0. The molecule has 0 aromatic heterocycles. The maximum Gasteiger partial charge on any atom is 0.343 e. The number of fused-ring (bicyclic) bond motifs is 1. The average Bonchev–Trinajstić information content (AvgIpc) is 3.03. The quantitative estimate of drug-likeness (QED) is 0.349. The van der Waals surface area contributed by atoms with Crippen molar-refractivity contribution in [1.29, 1.82) is 0 Å². The van der Waals surface area contributed by atoms with E-state index in [2.05, 4.69) is 6.92 Å². The summed E-state index contributed by atoms with van der Waals surface area (Å²) in [4.78, 5) is 24.8. The van der Waals surface area contributed by atoms with Crippen LogP contribution in [0.2, 0.25) is 0 Å². The number of carbonyl (C=O) groups excluding carboxylic acids is 2. The fourth-order valence-electron chi connectivity index (χ4n) is 2.98. The number of carbonyl (C=O) groups is 2. The van der Waals surface area contributed by atoms with Gasteiger partial charge in [0.15, 0.2) is 5.76 Å². The molecule has 0 fully saturated rings. The van der Waals surface area contributed by atoms with E-state index in [9.17, 15) is 14.0 Å². The maximum atomic E-state index is 13.0. The van der Waals surface area contributed by atoms with E-state index in [4.69, 9.17) is 9.47 Å². The second-order valence-electron chi connectivity index (χ2n) is 6.59. The molecule has 0 spiro atoms. The van der Waals surface area contributed by atoms with E-state index in [0.717, 1.165) is 12.0 Å². The molecule has 0 amide bonds. The second-order valence-corrected chi connectivity index (χ2v) is 6.59. The Morgan fingerprint density at radius 2 is 1.76 bits per heavy atom. The zero-order valence-corrected chi connectivity index (χ0v) is 15.6. The normalized spacial score (nSPS) is 13.9. The lowest BCUT2D eigenvalue weighted by atomic mass is 10.1. The van der Waals surface area contributed by atoms with Crippen molar-refractivity contribution >= 4 is 17.8 Å². The lowest BCUT2D eigenvalue weighted by Gasteiger charge is -2.05. The SMILES string of the molecule is CCc1ccc(C=C2Oc3cc(OC(=O)c4ccc(F)cc4)ccc3C2=O)cc1. The van der Waals surface area contributed by atoms with Crippen LogP contribution in [-0.2, 0) is 6.42 Å². The minimum Gasteiger partial charge on any atom is -0.452 e. The van der Waals surface area contributed by atoms with Crippen LogP contribution in [0.5, 0.6) is 11.5 Å². The number of rotatable bonds is 4. The number of benzene rings is 3. The number of Topliss-reactive ketones (excluding diaryl/α,β-unsaturated/α-hetero) is 1. The van der Waals surface area contributed by atoms with Crippen molar-refractivity contribution in [2.24, 2.45) is 0 Å². The Kier molecular flexibility index (Phi) is 4.96. The molecule has 0 N–H and O–H groups in total. The molecular formula is C24H17FO4. The van der Waals surface area contributed by atoms with Gasteiger partial charge in [0.25, 0.3) is 0 Å². The molecule has 1 aliphatic heterocycles. The van der Waals surface area contributed by atoms with Crippen molar-refractivity contribution in [3.63, 3.8) is 0 Å². The number of hydrogen-bond donors (Lipinski definition) is 0. The van der Waals surface area contributed by atoms with E-state index >= 15 is 0 Å². The van der Waals surface area contributed by atoms with E-state index in [1.54, 1.807) is 12.1 Å². The predicted molar refractivity (Wildman–Crippen MR) is 107 cm³/mol. The molecule has 3 aromatic carbocycles. The third-order valence-corrected chi connectivity index (χ3v) is 4.62. The number of ketones is 1. The van der Waals surface area contributed by atoms with Crippen molar-refractivity contribution in [1.82, 2.24) is 0 Å². The molecule has 0 radical (unpaired) electrons. The molecule has 3 aromatic rings. The second kappa shape index (κ2) is 7.72. The molecule has 0 unspecified atom stereocenters. The Morgan fingerprint density at radius 3 is 2.45 bits per heavy atom. The van der Waals surface area contributed by atoms with Crippen LogP contribution in [-0.4, -0.2) is 11.8 Å². The van der Waals surface area contributed by atoms with Gasteiger partial charge in [-0.1, -0.05) is 31.2 Å². The summed E-state index contributed by atoms with van der Waals surface area (Å²) in [5.41, 5.74) is 2.70. The van der Waals surface area contributed by atoms with Gasteiger partial charge in [0.05, 0.1) is 11.1 Å². The van der Waals surface area contributed by atoms with Gasteiger partial charge in [-0.15, -0.1) is 0 Å². The highest BCUT2D eigenvalue weighted by Gasteiger charge is 2.28. The van der Waals surface area contributed by atoms with E-state index in [-0.39, 0.29) is 22.9 Å². The Balaban J connectivity index is 1.52. The Labute approximate surface area is 167 Å². The van der Waals surface area contributed by atoms with Gasteiger partial charge in [0, 0.05) is 6.07 Å². The van der Waals surface area contributed by atoms with Crippen LogP contribution in [0.1, 0.15) is 38.8 Å². The monoisotopic (exact) mass is 388 g/mol. The molecular weight excluding hydrogens is 371 g/mol. The maximum absolute atomic E-state index is 13.0. The fourth-order valence-corrected chi connectivity index (χ4v) is 2.98. The molecule has 5 heteroatoms. The van der Waals surface area contributed by atoms with Crippen LogP contribution in [0.15, 0.2) is 72.5 Å². The van der Waals surface area contributed by atoms with Crippen molar-refractivity contribution in [2.75, 3.05) is 0 Å². The molecule has 0 saturated heterocycles. The van der Waals surface area contributed by atoms with E-state index < -0.39 is 11.8 Å². The molecule has 4 rings (SSSR count). The van der Waals surface area contributed by atoms with Crippen molar-refractivity contribution < 1.29 is 23.5 Å². The van der Waals surface area contributed by atoms with Gasteiger partial charge in [0.2, 0.25) is 5.78 Å². The minimum absolute atomic E-state index is 0.214. The van der Waals surface area contributed by atoms with Gasteiger partial charge < -0.3 is 9.47 Å². The number of halogens is 1. The lowest BCUT2D eigenvalue weighted by molar-refractivity contribution is 0.0734. The molecule has 0 atom stereocenters. The molecule has 0 aliphatic carbocycles. The van der Waals surface area contributed by atoms with Crippen LogP contribution in [0.4, 0.5) is 4.39 Å². The molecule has 0 saturated carbocycles. The van der Waals surface area contributed by atoms with Crippen LogP contribution in [0.25, 0.3) is 6.08 Å². The summed E-state index contributed by atoms with van der Waals surface area (Å²) >= 11 is 0. The Bertz CT molecular complexity index is 1110. The standard InChI is InChI=1S/C24H17FO4/c1-2-15-3-5-16(6-4-15)13-22-23(26)20-12-11-19(14-21(20)29-22)28-24(27)17-7-9-18(25)10-8-17/h3-14H,2H2,1H3. The van der Waals surface area contributed by atoms with Gasteiger partial charge in [-0.25, -0.2) is 9.18 Å². The number of ether oxygens (including phenoxy) is 2. The first kappa shape index (κ1) is 18.6. The molecule has 1 aliphatic rings. The summed E-state index contributed by atoms with van der Waals surface area (Å²) in [6.45, 7) is 2.08. The van der Waals surface area contributed by atoms with Crippen molar-refractivity contribution in [3.05, 3.63) is 101 Å². The smallest absolute Gasteiger partial charge is 0.343 e. The topological polar surface area (TPSA) is 52.6 Å². The highest BCUT2D eigenvalue weighted by atomic mass is 19.1. The van der Waals surface area contributed by atoms with Gasteiger partial charge in [-0.2, -0.15) is 0 Å². The van der Waals surface area contributed by atoms with Crippen molar-refractivity contribution in [3.8, 4) is 11.5 Å². The fraction of sp³-hybridized carbons (Fsp3) is 0.0833. The highest BCUT2D eigenvalue weighted by Crippen LogP contribution is 2.35. The Morgan fingerprint density at radius 1 is 1.03 bits per heavy atom. The number of allylic oxidation sites excluding steroid dienone is 1. The van der Waals surface area contributed by atoms with Crippen LogP contribution < -0.4 is 9.47 Å². The molecule has 0 bridgehead atoms. The summed E-state index contributed by atoms with van der Waals surface area (Å²) in [6, 6.07) is 17.5. The third-order valence-electron chi connectivity index (χ3n) is 4.62. The van der Waals surface area contributed by atoms with Gasteiger partial charge >= 0.3 is 5.97 Å². The molecule has 29 heavy (non-hydrogen) atoms.